The van der Waals surface area contributed by atoms with Crippen molar-refractivity contribution >= 4 is 39.9 Å². The first kappa shape index (κ1) is 12.6. The van der Waals surface area contributed by atoms with E-state index in [1.165, 1.54) is 0 Å². The van der Waals surface area contributed by atoms with Crippen molar-refractivity contribution in [2.45, 2.75) is 4.90 Å². The van der Waals surface area contributed by atoms with Crippen LogP contribution in [0.5, 0.6) is 0 Å². The summed E-state index contributed by atoms with van der Waals surface area (Å²) in [6.07, 6.45) is 0. The van der Waals surface area contributed by atoms with Gasteiger partial charge in [0, 0.05) is 16.0 Å². The SMILES string of the molecule is NCN.Nc1cc(Br)cc(S)c1N. The van der Waals surface area contributed by atoms with Gasteiger partial charge in [0.15, 0.2) is 0 Å². The Morgan fingerprint density at radius 2 is 1.69 bits per heavy atom. The number of halogens is 1. The molecular weight excluding hydrogens is 252 g/mol. The summed E-state index contributed by atoms with van der Waals surface area (Å²) in [5, 5.41) is 0. The van der Waals surface area contributed by atoms with Crippen LogP contribution in [0.15, 0.2) is 21.5 Å². The molecule has 0 saturated carbocycles. The van der Waals surface area contributed by atoms with Gasteiger partial charge in [-0.25, -0.2) is 0 Å². The summed E-state index contributed by atoms with van der Waals surface area (Å²) in [6, 6.07) is 3.55. The van der Waals surface area contributed by atoms with Crippen LogP contribution in [0.3, 0.4) is 0 Å². The molecule has 4 nitrogen and oxygen atoms in total. The van der Waals surface area contributed by atoms with Crippen LogP contribution >= 0.6 is 28.6 Å². The van der Waals surface area contributed by atoms with Crippen LogP contribution in [0.4, 0.5) is 11.4 Å². The molecule has 0 heterocycles. The van der Waals surface area contributed by atoms with Gasteiger partial charge >= 0.3 is 0 Å². The van der Waals surface area contributed by atoms with Crippen LogP contribution in [-0.4, -0.2) is 6.67 Å². The highest BCUT2D eigenvalue weighted by atomic mass is 79.9. The van der Waals surface area contributed by atoms with Gasteiger partial charge < -0.3 is 22.9 Å². The number of rotatable bonds is 0. The number of hydrogen-bond acceptors (Lipinski definition) is 5. The molecule has 13 heavy (non-hydrogen) atoms. The number of hydrogen-bond donors (Lipinski definition) is 5. The molecule has 0 radical (unpaired) electrons. The van der Waals surface area contributed by atoms with E-state index in [0.29, 0.717) is 16.3 Å². The van der Waals surface area contributed by atoms with Crippen molar-refractivity contribution in [2.75, 3.05) is 18.1 Å². The molecule has 8 N–H and O–H groups in total. The number of nitrogens with two attached hydrogens (primary N) is 4. The van der Waals surface area contributed by atoms with Gasteiger partial charge in [0.1, 0.15) is 0 Å². The third-order valence-corrected chi connectivity index (χ3v) is 1.98. The third kappa shape index (κ3) is 4.37. The first-order chi connectivity index (χ1) is 6.02. The summed E-state index contributed by atoms with van der Waals surface area (Å²) < 4.78 is 0.893. The molecule has 6 heteroatoms. The second kappa shape index (κ2) is 6.09. The van der Waals surface area contributed by atoms with Crippen LogP contribution < -0.4 is 22.9 Å². The van der Waals surface area contributed by atoms with Gasteiger partial charge in [-0.2, -0.15) is 0 Å². The summed E-state index contributed by atoms with van der Waals surface area (Å²) in [5.41, 5.74) is 21.4. The highest BCUT2D eigenvalue weighted by Gasteiger charge is 1.99. The summed E-state index contributed by atoms with van der Waals surface area (Å²) in [4.78, 5) is 0.701. The van der Waals surface area contributed by atoms with E-state index in [0.717, 1.165) is 4.47 Å². The van der Waals surface area contributed by atoms with Gasteiger partial charge in [0.2, 0.25) is 0 Å². The minimum atomic E-state index is 0.250. The monoisotopic (exact) mass is 264 g/mol. The molecule has 0 unspecified atom stereocenters. The number of nitrogen functional groups attached to an aromatic ring is 2. The zero-order chi connectivity index (χ0) is 10.4. The number of benzene rings is 1. The Hall–Kier alpha value is -0.430. The lowest BCUT2D eigenvalue weighted by Gasteiger charge is -2.02. The maximum atomic E-state index is 5.53. The first-order valence-corrected chi connectivity index (χ1v) is 4.70. The van der Waals surface area contributed by atoms with E-state index >= 15 is 0 Å². The second-order valence-electron chi connectivity index (χ2n) is 2.16. The molecule has 0 atom stereocenters. The van der Waals surface area contributed by atoms with E-state index in [9.17, 15) is 0 Å². The fourth-order valence-corrected chi connectivity index (χ4v) is 1.54. The Labute approximate surface area is 91.2 Å². The molecule has 1 aromatic rings. The Balaban J connectivity index is 0.000000424. The Kier molecular flexibility index (Phi) is 5.89. The van der Waals surface area contributed by atoms with Gasteiger partial charge in [-0.1, -0.05) is 15.9 Å². The van der Waals surface area contributed by atoms with Gasteiger partial charge in [-0.15, -0.1) is 12.6 Å². The fourth-order valence-electron chi connectivity index (χ4n) is 0.624. The molecule has 0 saturated heterocycles. The lowest BCUT2D eigenvalue weighted by molar-refractivity contribution is 1.07. The highest BCUT2D eigenvalue weighted by molar-refractivity contribution is 9.10. The molecule has 0 amide bonds. The number of thiol groups is 1. The smallest absolute Gasteiger partial charge is 0.0684 e. The van der Waals surface area contributed by atoms with Crippen molar-refractivity contribution in [1.82, 2.24) is 0 Å². The van der Waals surface area contributed by atoms with Gasteiger partial charge in [0.25, 0.3) is 0 Å². The second-order valence-corrected chi connectivity index (χ2v) is 3.56. The minimum Gasteiger partial charge on any atom is -0.397 e. The average Bonchev–Trinajstić information content (AvgIpc) is 2.01. The molecule has 0 aromatic heterocycles. The number of anilines is 2. The fraction of sp³-hybridized carbons (Fsp3) is 0.143. The van der Waals surface area contributed by atoms with Crippen molar-refractivity contribution in [3.05, 3.63) is 16.6 Å². The van der Waals surface area contributed by atoms with Gasteiger partial charge in [-0.3, -0.25) is 0 Å². The molecule has 0 spiro atoms. The lowest BCUT2D eigenvalue weighted by Crippen LogP contribution is -2.08. The van der Waals surface area contributed by atoms with Crippen molar-refractivity contribution in [2.24, 2.45) is 11.5 Å². The summed E-state index contributed by atoms with van der Waals surface area (Å²) in [7, 11) is 0. The quantitative estimate of drug-likeness (QED) is 0.271. The van der Waals surface area contributed by atoms with E-state index in [-0.39, 0.29) is 6.67 Å². The molecule has 74 valence electrons. The molecule has 0 aliphatic heterocycles. The van der Waals surface area contributed by atoms with Crippen LogP contribution in [0, 0.1) is 0 Å². The van der Waals surface area contributed by atoms with Crippen molar-refractivity contribution in [3.8, 4) is 0 Å². The van der Waals surface area contributed by atoms with E-state index in [4.69, 9.17) is 11.5 Å². The van der Waals surface area contributed by atoms with E-state index in [1.807, 2.05) is 0 Å². The Bertz CT molecular complexity index is 256. The standard InChI is InChI=1S/C6H7BrN2S.CH6N2/c7-3-1-4(8)6(9)5(10)2-3;2-1-3/h1-2,10H,8-9H2;1-3H2. The van der Waals surface area contributed by atoms with Gasteiger partial charge in [0.05, 0.1) is 11.4 Å². The summed E-state index contributed by atoms with van der Waals surface area (Å²) >= 11 is 7.36. The zero-order valence-electron chi connectivity index (χ0n) is 7.00. The average molecular weight is 265 g/mol. The lowest BCUT2D eigenvalue weighted by atomic mass is 10.3. The molecule has 0 aliphatic carbocycles. The van der Waals surface area contributed by atoms with Crippen molar-refractivity contribution < 1.29 is 0 Å². The predicted octanol–water partition coefficient (Wildman–Crippen LogP) is 0.764. The van der Waals surface area contributed by atoms with E-state index < -0.39 is 0 Å². The first-order valence-electron chi connectivity index (χ1n) is 3.46. The van der Waals surface area contributed by atoms with Crippen molar-refractivity contribution in [1.29, 1.82) is 0 Å². The minimum absolute atomic E-state index is 0.250. The topological polar surface area (TPSA) is 104 Å². The zero-order valence-corrected chi connectivity index (χ0v) is 9.48. The van der Waals surface area contributed by atoms with Crippen LogP contribution in [0.1, 0.15) is 0 Å². The summed E-state index contributed by atoms with van der Waals surface area (Å²) in [6.45, 7) is 0.250. The Morgan fingerprint density at radius 1 is 1.23 bits per heavy atom. The molecule has 0 aliphatic rings. The molecule has 0 fully saturated rings. The van der Waals surface area contributed by atoms with Crippen LogP contribution in [-0.2, 0) is 0 Å². The largest absolute Gasteiger partial charge is 0.397 e. The summed E-state index contributed by atoms with van der Waals surface area (Å²) in [5.74, 6) is 0. The van der Waals surface area contributed by atoms with Gasteiger partial charge in [-0.05, 0) is 12.1 Å². The van der Waals surface area contributed by atoms with Crippen molar-refractivity contribution in [3.63, 3.8) is 0 Å². The maximum absolute atomic E-state index is 5.53. The molecule has 0 bridgehead atoms. The normalized spacial score (nSPS) is 8.92. The van der Waals surface area contributed by atoms with Crippen LogP contribution in [0.25, 0.3) is 0 Å². The molecular formula is C7H13BrN4S. The maximum Gasteiger partial charge on any atom is 0.0684 e. The molecule has 1 aromatic carbocycles. The van der Waals surface area contributed by atoms with E-state index in [2.05, 4.69) is 40.0 Å². The highest BCUT2D eigenvalue weighted by Crippen LogP contribution is 2.27. The Morgan fingerprint density at radius 3 is 2.08 bits per heavy atom. The third-order valence-electron chi connectivity index (χ3n) is 1.15. The van der Waals surface area contributed by atoms with E-state index in [1.54, 1.807) is 12.1 Å². The molecule has 1 rings (SSSR count). The predicted molar refractivity (Wildman–Crippen MR) is 63.5 cm³/mol. The van der Waals surface area contributed by atoms with Crippen LogP contribution in [0.2, 0.25) is 0 Å².